The number of para-hydroxylation sites is 2. The molecule has 0 aromatic heterocycles. The van der Waals surface area contributed by atoms with Gasteiger partial charge in [0.25, 0.3) is 0 Å². The number of rotatable bonds is 4. The van der Waals surface area contributed by atoms with E-state index in [0.717, 1.165) is 0 Å². The first kappa shape index (κ1) is 11.4. The van der Waals surface area contributed by atoms with Gasteiger partial charge in [-0.15, -0.1) is 0 Å². The minimum Gasteiger partial charge on any atom is -0.504 e. The number of aromatic hydroxyl groups is 1. The molecule has 0 spiro atoms. The molecule has 0 saturated carbocycles. The van der Waals surface area contributed by atoms with Crippen molar-refractivity contribution in [3.8, 4) is 11.5 Å². The van der Waals surface area contributed by atoms with E-state index in [4.69, 9.17) is 9.47 Å². The second kappa shape index (κ2) is 5.24. The highest BCUT2D eigenvalue weighted by molar-refractivity contribution is 5.71. The molecule has 0 fully saturated rings. The summed E-state index contributed by atoms with van der Waals surface area (Å²) in [7, 11) is 0. The van der Waals surface area contributed by atoms with Crippen molar-refractivity contribution >= 4 is 5.97 Å². The zero-order chi connectivity index (χ0) is 11.3. The van der Waals surface area contributed by atoms with E-state index in [1.54, 1.807) is 32.0 Å². The minimum atomic E-state index is -0.451. The first-order valence-electron chi connectivity index (χ1n) is 4.70. The summed E-state index contributed by atoms with van der Waals surface area (Å²) in [5.74, 6) is -0.165. The van der Waals surface area contributed by atoms with Crippen LogP contribution in [0.5, 0.6) is 11.5 Å². The van der Waals surface area contributed by atoms with E-state index >= 15 is 0 Å². The van der Waals surface area contributed by atoms with Crippen LogP contribution in [-0.2, 0) is 9.53 Å². The van der Waals surface area contributed by atoms with Crippen molar-refractivity contribution in [1.82, 2.24) is 0 Å². The van der Waals surface area contributed by atoms with E-state index < -0.39 is 5.97 Å². The summed E-state index contributed by atoms with van der Waals surface area (Å²) in [5, 5.41) is 9.33. The molecule has 0 saturated heterocycles. The average Bonchev–Trinajstić information content (AvgIpc) is 2.15. The number of hydrogen-bond acceptors (Lipinski definition) is 4. The number of benzene rings is 1. The van der Waals surface area contributed by atoms with Crippen LogP contribution in [0, 0.1) is 0 Å². The van der Waals surface area contributed by atoms with Crippen LogP contribution in [0.3, 0.4) is 0 Å². The van der Waals surface area contributed by atoms with Crippen molar-refractivity contribution < 1.29 is 19.4 Å². The molecule has 1 aromatic carbocycles. The van der Waals surface area contributed by atoms with Crippen molar-refractivity contribution in [2.45, 2.75) is 20.0 Å². The largest absolute Gasteiger partial charge is 0.504 e. The van der Waals surface area contributed by atoms with Crippen molar-refractivity contribution in [2.24, 2.45) is 0 Å². The summed E-state index contributed by atoms with van der Waals surface area (Å²) in [6.07, 6.45) is -0.162. The van der Waals surface area contributed by atoms with Crippen molar-refractivity contribution in [3.05, 3.63) is 24.3 Å². The van der Waals surface area contributed by atoms with E-state index in [-0.39, 0.29) is 24.2 Å². The molecular weight excluding hydrogens is 196 g/mol. The molecule has 0 heterocycles. The van der Waals surface area contributed by atoms with Gasteiger partial charge in [0.05, 0.1) is 6.10 Å². The highest BCUT2D eigenvalue weighted by Crippen LogP contribution is 2.24. The predicted molar refractivity (Wildman–Crippen MR) is 54.8 cm³/mol. The van der Waals surface area contributed by atoms with Crippen LogP contribution in [-0.4, -0.2) is 23.8 Å². The normalized spacial score (nSPS) is 10.1. The Morgan fingerprint density at radius 1 is 1.40 bits per heavy atom. The fourth-order valence-corrected chi connectivity index (χ4v) is 1.01. The maximum Gasteiger partial charge on any atom is 0.344 e. The van der Waals surface area contributed by atoms with Gasteiger partial charge in [-0.1, -0.05) is 12.1 Å². The van der Waals surface area contributed by atoms with Gasteiger partial charge in [0, 0.05) is 0 Å². The Morgan fingerprint density at radius 3 is 2.67 bits per heavy atom. The second-order valence-corrected chi connectivity index (χ2v) is 3.30. The Kier molecular flexibility index (Phi) is 3.97. The van der Waals surface area contributed by atoms with Crippen LogP contribution >= 0.6 is 0 Å². The first-order chi connectivity index (χ1) is 7.09. The third-order valence-corrected chi connectivity index (χ3v) is 1.58. The molecule has 0 aliphatic heterocycles. The van der Waals surface area contributed by atoms with Crippen LogP contribution in [0.1, 0.15) is 13.8 Å². The van der Waals surface area contributed by atoms with Gasteiger partial charge in [-0.05, 0) is 26.0 Å². The molecule has 0 aliphatic carbocycles. The lowest BCUT2D eigenvalue weighted by molar-refractivity contribution is -0.149. The van der Waals surface area contributed by atoms with Gasteiger partial charge in [0.2, 0.25) is 0 Å². The molecule has 0 aliphatic rings. The molecule has 82 valence electrons. The summed E-state index contributed by atoms with van der Waals surface area (Å²) >= 11 is 0. The number of ether oxygens (including phenoxy) is 2. The molecule has 0 bridgehead atoms. The smallest absolute Gasteiger partial charge is 0.344 e. The standard InChI is InChI=1S/C11H14O4/c1-8(2)15-11(13)7-14-10-6-4-3-5-9(10)12/h3-6,8,12H,7H2,1-2H3. The van der Waals surface area contributed by atoms with E-state index in [9.17, 15) is 9.90 Å². The lowest BCUT2D eigenvalue weighted by Gasteiger charge is -2.09. The van der Waals surface area contributed by atoms with Crippen molar-refractivity contribution in [1.29, 1.82) is 0 Å². The third kappa shape index (κ3) is 3.89. The fraction of sp³-hybridized carbons (Fsp3) is 0.364. The lowest BCUT2D eigenvalue weighted by Crippen LogP contribution is -2.18. The van der Waals surface area contributed by atoms with Gasteiger partial charge in [-0.3, -0.25) is 0 Å². The topological polar surface area (TPSA) is 55.8 Å². The van der Waals surface area contributed by atoms with E-state index in [0.29, 0.717) is 0 Å². The minimum absolute atomic E-state index is 0.00912. The van der Waals surface area contributed by atoms with Gasteiger partial charge in [0.15, 0.2) is 18.1 Å². The van der Waals surface area contributed by atoms with Gasteiger partial charge in [-0.25, -0.2) is 4.79 Å². The molecule has 4 nitrogen and oxygen atoms in total. The number of phenolic OH excluding ortho intramolecular Hbond substituents is 1. The lowest BCUT2D eigenvalue weighted by atomic mass is 10.3. The summed E-state index contributed by atoms with van der Waals surface area (Å²) in [6, 6.07) is 6.46. The predicted octanol–water partition coefficient (Wildman–Crippen LogP) is 1.72. The summed E-state index contributed by atoms with van der Waals surface area (Å²) < 4.78 is 9.94. The van der Waals surface area contributed by atoms with Crippen LogP contribution in [0.25, 0.3) is 0 Å². The Hall–Kier alpha value is -1.71. The van der Waals surface area contributed by atoms with Crippen LogP contribution < -0.4 is 4.74 Å². The molecule has 0 radical (unpaired) electrons. The van der Waals surface area contributed by atoms with E-state index in [1.807, 2.05) is 0 Å². The highest BCUT2D eigenvalue weighted by atomic mass is 16.6. The van der Waals surface area contributed by atoms with Crippen LogP contribution in [0.4, 0.5) is 0 Å². The number of esters is 1. The molecule has 1 N–H and O–H groups in total. The molecule has 1 rings (SSSR count). The van der Waals surface area contributed by atoms with Gasteiger partial charge >= 0.3 is 5.97 Å². The molecule has 1 aromatic rings. The number of hydrogen-bond donors (Lipinski definition) is 1. The summed E-state index contributed by atoms with van der Waals surface area (Å²) in [5.41, 5.74) is 0. The van der Waals surface area contributed by atoms with Crippen LogP contribution in [0.15, 0.2) is 24.3 Å². The number of carbonyl (C=O) groups excluding carboxylic acids is 1. The van der Waals surface area contributed by atoms with Gasteiger partial charge in [0.1, 0.15) is 0 Å². The van der Waals surface area contributed by atoms with Crippen LogP contribution in [0.2, 0.25) is 0 Å². The molecule has 4 heteroatoms. The summed E-state index contributed by atoms with van der Waals surface area (Å²) in [4.78, 5) is 11.1. The first-order valence-corrected chi connectivity index (χ1v) is 4.70. The number of phenols is 1. The summed E-state index contributed by atoms with van der Waals surface area (Å²) in [6.45, 7) is 3.32. The molecular formula is C11H14O4. The van der Waals surface area contributed by atoms with Gasteiger partial charge < -0.3 is 14.6 Å². The van der Waals surface area contributed by atoms with Crippen molar-refractivity contribution in [3.63, 3.8) is 0 Å². The monoisotopic (exact) mass is 210 g/mol. The molecule has 15 heavy (non-hydrogen) atoms. The second-order valence-electron chi connectivity index (χ2n) is 3.30. The average molecular weight is 210 g/mol. The molecule has 0 atom stereocenters. The zero-order valence-electron chi connectivity index (χ0n) is 8.77. The van der Waals surface area contributed by atoms with E-state index in [1.165, 1.54) is 6.07 Å². The Labute approximate surface area is 88.4 Å². The molecule has 0 amide bonds. The Balaban J connectivity index is 2.44. The van der Waals surface area contributed by atoms with Gasteiger partial charge in [-0.2, -0.15) is 0 Å². The maximum absolute atomic E-state index is 11.1. The highest BCUT2D eigenvalue weighted by Gasteiger charge is 2.07. The third-order valence-electron chi connectivity index (χ3n) is 1.58. The maximum atomic E-state index is 11.1. The zero-order valence-corrected chi connectivity index (χ0v) is 8.77. The molecule has 0 unspecified atom stereocenters. The van der Waals surface area contributed by atoms with E-state index in [2.05, 4.69) is 0 Å². The fourth-order valence-electron chi connectivity index (χ4n) is 1.01. The SMILES string of the molecule is CC(C)OC(=O)COc1ccccc1O. The Bertz CT molecular complexity index is 333. The Morgan fingerprint density at radius 2 is 2.07 bits per heavy atom. The quantitative estimate of drug-likeness (QED) is 0.769. The van der Waals surface area contributed by atoms with Crippen molar-refractivity contribution in [2.75, 3.05) is 6.61 Å². The number of carbonyl (C=O) groups is 1.